The van der Waals surface area contributed by atoms with Crippen LogP contribution in [0.15, 0.2) is 0 Å². The molecule has 1 heterocycles. The van der Waals surface area contributed by atoms with Gasteiger partial charge in [-0.1, -0.05) is 58.8 Å². The zero-order valence-electron chi connectivity index (χ0n) is 16.3. The number of quaternary nitrogens is 1. The molecule has 0 aromatic carbocycles. The molecule has 0 aliphatic carbocycles. The number of nitrogens with one attached hydrogen (secondary N) is 1. The Balaban J connectivity index is 0.000000922. The van der Waals surface area contributed by atoms with Gasteiger partial charge in [-0.3, -0.25) is 0 Å². The zero-order valence-corrected chi connectivity index (χ0v) is 17.1. The van der Waals surface area contributed by atoms with E-state index in [1.165, 1.54) is 96.6 Å². The quantitative estimate of drug-likeness (QED) is 0.451. The van der Waals surface area contributed by atoms with Gasteiger partial charge in [0, 0.05) is 6.26 Å². The molecule has 1 N–H and O–H groups in total. The van der Waals surface area contributed by atoms with Crippen LogP contribution in [-0.2, 0) is 10.1 Å². The van der Waals surface area contributed by atoms with Crippen LogP contribution in [-0.4, -0.2) is 38.4 Å². The molecular weight excluding hydrogens is 322 g/mol. The van der Waals surface area contributed by atoms with Crippen molar-refractivity contribution in [3.05, 3.63) is 0 Å². The van der Waals surface area contributed by atoms with Crippen molar-refractivity contribution < 1.29 is 17.9 Å². The van der Waals surface area contributed by atoms with Gasteiger partial charge in [0.05, 0.1) is 29.2 Å². The number of unbranched alkanes of at least 4 members (excludes halogenated alkanes) is 7. The van der Waals surface area contributed by atoms with Crippen LogP contribution >= 0.6 is 0 Å². The summed E-state index contributed by atoms with van der Waals surface area (Å²) in [5, 5.41) is 0. The van der Waals surface area contributed by atoms with Crippen LogP contribution in [0.4, 0.5) is 0 Å². The minimum Gasteiger partial charge on any atom is -0.748 e. The van der Waals surface area contributed by atoms with Crippen LogP contribution in [0, 0.1) is 0 Å². The van der Waals surface area contributed by atoms with E-state index in [9.17, 15) is 0 Å². The van der Waals surface area contributed by atoms with Crippen LogP contribution in [0.1, 0.15) is 97.3 Å². The molecule has 0 spiro atoms. The lowest BCUT2D eigenvalue weighted by Crippen LogP contribution is -3.16. The molecule has 146 valence electrons. The maximum absolute atomic E-state index is 9.08. The molecule has 0 bridgehead atoms. The average Bonchev–Trinajstić information content (AvgIpc) is 2.50. The summed E-state index contributed by atoms with van der Waals surface area (Å²) >= 11 is 0. The Morgan fingerprint density at radius 3 is 2.00 bits per heavy atom. The third-order valence-electron chi connectivity index (χ3n) is 4.87. The monoisotopic (exact) mass is 363 g/mol. The van der Waals surface area contributed by atoms with Crippen LogP contribution in [0.2, 0.25) is 0 Å². The van der Waals surface area contributed by atoms with Crippen molar-refractivity contribution in [2.24, 2.45) is 0 Å². The first-order valence-electron chi connectivity index (χ1n) is 10.1. The second-order valence-electron chi connectivity index (χ2n) is 7.32. The van der Waals surface area contributed by atoms with E-state index in [2.05, 4.69) is 13.8 Å². The summed E-state index contributed by atoms with van der Waals surface area (Å²) in [4.78, 5) is 1.94. The van der Waals surface area contributed by atoms with Crippen molar-refractivity contribution in [2.45, 2.75) is 103 Å². The molecule has 1 rings (SSSR count). The minimum atomic E-state index is -3.92. The maximum Gasteiger partial charge on any atom is 0.0916 e. The molecule has 1 fully saturated rings. The molecule has 2 unspecified atom stereocenters. The number of hydrogen-bond donors (Lipinski definition) is 1. The van der Waals surface area contributed by atoms with Crippen molar-refractivity contribution in [2.75, 3.05) is 19.3 Å². The van der Waals surface area contributed by atoms with E-state index in [0.717, 1.165) is 6.04 Å². The van der Waals surface area contributed by atoms with E-state index in [-0.39, 0.29) is 0 Å². The smallest absolute Gasteiger partial charge is 0.0916 e. The fourth-order valence-electron chi connectivity index (χ4n) is 3.66. The minimum absolute atomic E-state index is 0.604. The van der Waals surface area contributed by atoms with Gasteiger partial charge in [0.2, 0.25) is 0 Å². The van der Waals surface area contributed by atoms with Gasteiger partial charge >= 0.3 is 0 Å². The van der Waals surface area contributed by atoms with Gasteiger partial charge in [-0.15, -0.1) is 0 Å². The SMILES string of the molecule is CCCCCCCCCC[NH+]1CCCCC1CCC.CS(=O)(=O)[O-]. The maximum atomic E-state index is 9.08. The molecule has 24 heavy (non-hydrogen) atoms. The third kappa shape index (κ3) is 16.7. The van der Waals surface area contributed by atoms with E-state index in [1.54, 1.807) is 0 Å². The Hall–Kier alpha value is -0.130. The predicted octanol–water partition coefficient (Wildman–Crippen LogP) is 3.53. The van der Waals surface area contributed by atoms with Crippen molar-refractivity contribution in [3.63, 3.8) is 0 Å². The molecule has 1 saturated heterocycles. The van der Waals surface area contributed by atoms with E-state index in [1.807, 2.05) is 4.90 Å². The summed E-state index contributed by atoms with van der Waals surface area (Å²) in [7, 11) is -3.92. The molecule has 2 atom stereocenters. The first-order chi connectivity index (χ1) is 11.4. The fourth-order valence-corrected chi connectivity index (χ4v) is 3.66. The first-order valence-corrected chi connectivity index (χ1v) is 12.0. The molecule has 0 radical (unpaired) electrons. The van der Waals surface area contributed by atoms with E-state index in [4.69, 9.17) is 13.0 Å². The predicted molar refractivity (Wildman–Crippen MR) is 101 cm³/mol. The van der Waals surface area contributed by atoms with Gasteiger partial charge in [0.25, 0.3) is 0 Å². The lowest BCUT2D eigenvalue weighted by atomic mass is 9.97. The highest BCUT2D eigenvalue weighted by Gasteiger charge is 2.24. The lowest BCUT2D eigenvalue weighted by Gasteiger charge is -2.32. The van der Waals surface area contributed by atoms with Crippen LogP contribution in [0.5, 0.6) is 0 Å². The van der Waals surface area contributed by atoms with Crippen molar-refractivity contribution in [1.82, 2.24) is 0 Å². The largest absolute Gasteiger partial charge is 0.748 e. The zero-order chi connectivity index (χ0) is 18.3. The Morgan fingerprint density at radius 1 is 0.917 bits per heavy atom. The molecule has 0 amide bonds. The lowest BCUT2D eigenvalue weighted by molar-refractivity contribution is -0.931. The fraction of sp³-hybridized carbons (Fsp3) is 1.00. The average molecular weight is 364 g/mol. The molecule has 4 nitrogen and oxygen atoms in total. The van der Waals surface area contributed by atoms with Crippen LogP contribution in [0.3, 0.4) is 0 Å². The molecule has 1 aliphatic rings. The highest BCUT2D eigenvalue weighted by atomic mass is 32.2. The highest BCUT2D eigenvalue weighted by Crippen LogP contribution is 2.10. The number of likely N-dealkylation sites (tertiary alicyclic amines) is 1. The summed E-state index contributed by atoms with van der Waals surface area (Å²) in [6.07, 6.45) is 19.6. The van der Waals surface area contributed by atoms with E-state index >= 15 is 0 Å². The van der Waals surface area contributed by atoms with E-state index < -0.39 is 10.1 Å². The van der Waals surface area contributed by atoms with Gasteiger partial charge in [-0.25, -0.2) is 8.42 Å². The van der Waals surface area contributed by atoms with Crippen molar-refractivity contribution in [3.8, 4) is 0 Å². The molecule has 0 aromatic heterocycles. The molecular formula is C19H41NO3S. The number of piperidine rings is 1. The van der Waals surface area contributed by atoms with E-state index in [0.29, 0.717) is 6.26 Å². The highest BCUT2D eigenvalue weighted by molar-refractivity contribution is 7.84. The van der Waals surface area contributed by atoms with Gasteiger partial charge in [-0.05, 0) is 38.5 Å². The normalized spacial score (nSPS) is 21.2. The summed E-state index contributed by atoms with van der Waals surface area (Å²) in [5.41, 5.74) is 0. The molecule has 5 heteroatoms. The van der Waals surface area contributed by atoms with Crippen LogP contribution in [0.25, 0.3) is 0 Å². The Morgan fingerprint density at radius 2 is 1.46 bits per heavy atom. The van der Waals surface area contributed by atoms with Crippen molar-refractivity contribution >= 4 is 10.1 Å². The van der Waals surface area contributed by atoms with Crippen LogP contribution < -0.4 is 4.90 Å². The molecule has 0 saturated carbocycles. The Kier molecular flexibility index (Phi) is 15.1. The third-order valence-corrected chi connectivity index (χ3v) is 4.87. The first kappa shape index (κ1) is 23.9. The van der Waals surface area contributed by atoms with Gasteiger partial charge < -0.3 is 9.45 Å². The van der Waals surface area contributed by atoms with Crippen molar-refractivity contribution in [1.29, 1.82) is 0 Å². The number of rotatable bonds is 11. The molecule has 0 aromatic rings. The second-order valence-corrected chi connectivity index (χ2v) is 8.73. The second kappa shape index (κ2) is 15.2. The number of hydrogen-bond acceptors (Lipinski definition) is 3. The summed E-state index contributed by atoms with van der Waals surface area (Å²) < 4.78 is 27.2. The Bertz CT molecular complexity index is 361. The van der Waals surface area contributed by atoms with Gasteiger partial charge in [0.1, 0.15) is 0 Å². The van der Waals surface area contributed by atoms with Gasteiger partial charge in [0.15, 0.2) is 0 Å². The standard InChI is InChI=1S/C18H37N.CH4O3S/c1-3-5-6-7-8-9-10-12-16-19-17-13-11-15-18(19)14-4-2;1-5(2,3)4/h18H,3-17H2,1-2H3;1H3,(H,2,3,4). The summed E-state index contributed by atoms with van der Waals surface area (Å²) in [5.74, 6) is 0. The summed E-state index contributed by atoms with van der Waals surface area (Å²) in [6, 6.07) is 1.00. The molecule has 1 aliphatic heterocycles. The van der Waals surface area contributed by atoms with Gasteiger partial charge in [-0.2, -0.15) is 0 Å². The summed E-state index contributed by atoms with van der Waals surface area (Å²) in [6.45, 7) is 7.57. The topological polar surface area (TPSA) is 61.6 Å². The Labute approximate surface area is 151 Å².